The molecule has 198 valence electrons. The molecule has 10 nitrogen and oxygen atoms in total. The van der Waals surface area contributed by atoms with Crippen molar-refractivity contribution in [1.29, 1.82) is 0 Å². The number of likely N-dealkylation sites (tertiary alicyclic amines) is 1. The molecule has 34 heavy (non-hydrogen) atoms. The summed E-state index contributed by atoms with van der Waals surface area (Å²) in [6.45, 7) is 13.5. The molecule has 10 heteroatoms. The van der Waals surface area contributed by atoms with Gasteiger partial charge in [0.2, 0.25) is 17.7 Å². The Morgan fingerprint density at radius 3 is 2.15 bits per heavy atom. The van der Waals surface area contributed by atoms with Crippen molar-refractivity contribution in [2.45, 2.75) is 111 Å². The minimum absolute atomic E-state index is 0.284. The smallest absolute Gasteiger partial charge is 0.408 e. The fourth-order valence-electron chi connectivity index (χ4n) is 3.36. The molecular weight excluding hydrogens is 440 g/mol. The van der Waals surface area contributed by atoms with Crippen molar-refractivity contribution in [2.75, 3.05) is 13.1 Å². The van der Waals surface area contributed by atoms with Crippen LogP contribution in [-0.2, 0) is 19.1 Å². The second-order valence-corrected chi connectivity index (χ2v) is 9.45. The number of nitrogens with zero attached hydrogens (tertiary/aromatic N) is 1. The van der Waals surface area contributed by atoms with Crippen LogP contribution in [0, 0.1) is 5.92 Å². The summed E-state index contributed by atoms with van der Waals surface area (Å²) in [5.74, 6) is -1.37. The topological polar surface area (TPSA) is 151 Å². The molecule has 4 amide bonds. The molecule has 0 aromatic rings. The largest absolute Gasteiger partial charge is 0.444 e. The maximum absolute atomic E-state index is 12.7. The third-order valence-corrected chi connectivity index (χ3v) is 4.94. The summed E-state index contributed by atoms with van der Waals surface area (Å²) in [6.07, 6.45) is 2.62. The summed E-state index contributed by atoms with van der Waals surface area (Å²) < 4.78 is 5.10. The van der Waals surface area contributed by atoms with E-state index in [1.54, 1.807) is 20.8 Å². The van der Waals surface area contributed by atoms with Crippen LogP contribution in [0.5, 0.6) is 0 Å². The number of carbonyl (C=O) groups is 4. The molecule has 0 aromatic carbocycles. The molecule has 2 rings (SSSR count). The average molecular weight is 487 g/mol. The van der Waals surface area contributed by atoms with E-state index in [4.69, 9.17) is 10.5 Å². The van der Waals surface area contributed by atoms with Crippen LogP contribution in [0.4, 0.5) is 4.79 Å². The van der Waals surface area contributed by atoms with E-state index >= 15 is 0 Å². The van der Waals surface area contributed by atoms with Gasteiger partial charge in [-0.15, -0.1) is 0 Å². The number of amides is 4. The van der Waals surface area contributed by atoms with Crippen LogP contribution in [0.25, 0.3) is 0 Å². The molecule has 1 aliphatic heterocycles. The van der Waals surface area contributed by atoms with Gasteiger partial charge in [-0.05, 0) is 46.0 Å². The number of carbonyl (C=O) groups excluding carboxylic acids is 4. The van der Waals surface area contributed by atoms with Gasteiger partial charge in [-0.2, -0.15) is 0 Å². The van der Waals surface area contributed by atoms with Gasteiger partial charge in [-0.1, -0.05) is 47.0 Å². The SMILES string of the molecule is CC.CC(C)(C)OC(=O)NCC(=O)N1CCCC1C(=O)NC(CC1CC1)C(O)C(N)=O.CCC. The van der Waals surface area contributed by atoms with E-state index < -0.39 is 47.6 Å². The Hall–Kier alpha value is -2.36. The number of alkyl carbamates (subject to hydrolysis) is 1. The van der Waals surface area contributed by atoms with E-state index in [2.05, 4.69) is 24.5 Å². The van der Waals surface area contributed by atoms with E-state index in [0.29, 0.717) is 31.7 Å². The van der Waals surface area contributed by atoms with Crippen LogP contribution in [0.2, 0.25) is 0 Å². The van der Waals surface area contributed by atoms with Crippen LogP contribution in [0.15, 0.2) is 0 Å². The zero-order valence-corrected chi connectivity index (χ0v) is 22.0. The zero-order chi connectivity index (χ0) is 26.5. The van der Waals surface area contributed by atoms with Gasteiger partial charge in [0.05, 0.1) is 6.04 Å². The minimum Gasteiger partial charge on any atom is -0.444 e. The van der Waals surface area contributed by atoms with E-state index in [1.165, 1.54) is 11.3 Å². The fraction of sp³-hybridized carbons (Fsp3) is 0.833. The van der Waals surface area contributed by atoms with Crippen molar-refractivity contribution in [2.24, 2.45) is 11.7 Å². The first-order valence-electron chi connectivity index (χ1n) is 12.4. The molecule has 3 unspecified atom stereocenters. The third kappa shape index (κ3) is 12.2. The Morgan fingerprint density at radius 1 is 1.12 bits per heavy atom. The van der Waals surface area contributed by atoms with Crippen molar-refractivity contribution in [3.05, 3.63) is 0 Å². The highest BCUT2D eigenvalue weighted by atomic mass is 16.6. The lowest BCUT2D eigenvalue weighted by Gasteiger charge is -2.28. The number of hydrogen-bond donors (Lipinski definition) is 4. The molecule has 2 fully saturated rings. The second-order valence-electron chi connectivity index (χ2n) is 9.45. The van der Waals surface area contributed by atoms with Gasteiger partial charge < -0.3 is 31.1 Å². The lowest BCUT2D eigenvalue weighted by molar-refractivity contribution is -0.139. The molecule has 0 bridgehead atoms. The van der Waals surface area contributed by atoms with Crippen LogP contribution >= 0.6 is 0 Å². The van der Waals surface area contributed by atoms with E-state index in [1.807, 2.05) is 13.8 Å². The summed E-state index contributed by atoms with van der Waals surface area (Å²) in [7, 11) is 0. The van der Waals surface area contributed by atoms with Gasteiger partial charge >= 0.3 is 6.09 Å². The average Bonchev–Trinajstić information content (AvgIpc) is 3.43. The van der Waals surface area contributed by atoms with Crippen LogP contribution in [0.3, 0.4) is 0 Å². The Kier molecular flexibility index (Phi) is 14.4. The number of nitrogens with two attached hydrogens (primary N) is 1. The van der Waals surface area contributed by atoms with Gasteiger partial charge in [0.15, 0.2) is 6.10 Å². The molecule has 1 heterocycles. The lowest BCUT2D eigenvalue weighted by atomic mass is 10.0. The maximum atomic E-state index is 12.7. The summed E-state index contributed by atoms with van der Waals surface area (Å²) in [5.41, 5.74) is 4.51. The molecule has 1 aliphatic carbocycles. The van der Waals surface area contributed by atoms with Crippen LogP contribution < -0.4 is 16.4 Å². The highest BCUT2D eigenvalue weighted by Crippen LogP contribution is 2.34. The molecule has 5 N–H and O–H groups in total. The van der Waals surface area contributed by atoms with E-state index in [9.17, 15) is 24.3 Å². The quantitative estimate of drug-likeness (QED) is 0.412. The normalized spacial score (nSPS) is 18.8. The van der Waals surface area contributed by atoms with E-state index in [-0.39, 0.29) is 6.54 Å². The van der Waals surface area contributed by atoms with Gasteiger partial charge in [-0.3, -0.25) is 14.4 Å². The molecule has 0 aromatic heterocycles. The van der Waals surface area contributed by atoms with Gasteiger partial charge in [0.25, 0.3) is 0 Å². The number of aliphatic hydroxyl groups is 1. The minimum atomic E-state index is -1.47. The number of aliphatic hydroxyl groups excluding tert-OH is 1. The van der Waals surface area contributed by atoms with Crippen molar-refractivity contribution in [1.82, 2.24) is 15.5 Å². The molecule has 0 radical (unpaired) electrons. The van der Waals surface area contributed by atoms with Crippen molar-refractivity contribution in [3.63, 3.8) is 0 Å². The molecule has 1 saturated carbocycles. The summed E-state index contributed by atoms with van der Waals surface area (Å²) >= 11 is 0. The van der Waals surface area contributed by atoms with Gasteiger partial charge in [0, 0.05) is 6.54 Å². The Balaban J connectivity index is 0.00000201. The first-order chi connectivity index (χ1) is 15.9. The summed E-state index contributed by atoms with van der Waals surface area (Å²) in [4.78, 5) is 49.7. The van der Waals surface area contributed by atoms with Gasteiger partial charge in [-0.25, -0.2) is 4.79 Å². The number of rotatable bonds is 8. The Morgan fingerprint density at radius 2 is 1.68 bits per heavy atom. The number of ether oxygens (including phenoxy) is 1. The second kappa shape index (κ2) is 15.5. The third-order valence-electron chi connectivity index (χ3n) is 4.94. The molecule has 2 aliphatic rings. The predicted octanol–water partition coefficient (Wildman–Crippen LogP) is 2.08. The fourth-order valence-corrected chi connectivity index (χ4v) is 3.36. The molecule has 1 saturated heterocycles. The Bertz CT molecular complexity index is 660. The predicted molar refractivity (Wildman–Crippen MR) is 131 cm³/mol. The first-order valence-corrected chi connectivity index (χ1v) is 12.4. The monoisotopic (exact) mass is 486 g/mol. The molecular formula is C24H46N4O6. The number of nitrogens with one attached hydrogen (secondary N) is 2. The maximum Gasteiger partial charge on any atom is 0.408 e. The zero-order valence-electron chi connectivity index (χ0n) is 22.0. The van der Waals surface area contributed by atoms with Crippen molar-refractivity contribution >= 4 is 23.8 Å². The molecule has 3 atom stereocenters. The highest BCUT2D eigenvalue weighted by Gasteiger charge is 2.38. The van der Waals surface area contributed by atoms with Gasteiger partial charge in [0.1, 0.15) is 18.2 Å². The standard InChI is InChI=1S/C19H32N4O6.C3H8.C2H6/c1-19(2,3)29-18(28)21-10-14(24)23-8-4-5-13(23)17(27)22-12(9-11-6-7-11)15(25)16(20)26;1-3-2;1-2/h11-13,15,25H,4-10H2,1-3H3,(H2,20,26)(H,21,28)(H,22,27);3H2,1-2H3;1-2H3. The van der Waals surface area contributed by atoms with E-state index in [0.717, 1.165) is 12.8 Å². The Labute approximate surface area is 204 Å². The summed E-state index contributed by atoms with van der Waals surface area (Å²) in [5, 5.41) is 15.1. The lowest BCUT2D eigenvalue weighted by Crippen LogP contribution is -2.55. The van der Waals surface area contributed by atoms with Crippen LogP contribution in [-0.4, -0.2) is 70.7 Å². The first kappa shape index (κ1) is 31.6. The number of hydrogen-bond acceptors (Lipinski definition) is 6. The van der Waals surface area contributed by atoms with Crippen molar-refractivity contribution in [3.8, 4) is 0 Å². The van der Waals surface area contributed by atoms with Crippen LogP contribution in [0.1, 0.15) is 87.0 Å². The molecule has 0 spiro atoms. The summed E-state index contributed by atoms with van der Waals surface area (Å²) in [6, 6.07) is -1.49. The van der Waals surface area contributed by atoms with Crippen molar-refractivity contribution < 1.29 is 29.0 Å². The highest BCUT2D eigenvalue weighted by molar-refractivity contribution is 5.90. The number of primary amides is 1.